The predicted molar refractivity (Wildman–Crippen MR) is 204 cm³/mol. The number of benzene rings is 3. The van der Waals surface area contributed by atoms with Crippen LogP contribution in [0.4, 0.5) is 22.7 Å². The Labute approximate surface area is 301 Å². The first kappa shape index (κ1) is 40.5. The Bertz CT molecular complexity index is 1810. The van der Waals surface area contributed by atoms with Gasteiger partial charge in [0.05, 0.1) is 22.7 Å². The molecule has 0 aliphatic heterocycles. The minimum absolute atomic E-state index is 0.132. The van der Waals surface area contributed by atoms with Crippen molar-refractivity contribution in [3.8, 4) is 5.75 Å². The summed E-state index contributed by atoms with van der Waals surface area (Å²) in [5, 5.41) is 6.23. The molecule has 3 aromatic carbocycles. The van der Waals surface area contributed by atoms with Crippen molar-refractivity contribution in [2.75, 3.05) is 48.2 Å². The van der Waals surface area contributed by atoms with Crippen molar-refractivity contribution in [2.24, 2.45) is 10.4 Å². The van der Waals surface area contributed by atoms with Crippen molar-refractivity contribution in [3.63, 3.8) is 0 Å². The van der Waals surface area contributed by atoms with Gasteiger partial charge in [-0.05, 0) is 81.3 Å². The zero-order valence-electron chi connectivity index (χ0n) is 30.4. The van der Waals surface area contributed by atoms with Crippen LogP contribution in [0.1, 0.15) is 57.7 Å². The molecule has 3 aromatic rings. The number of sulfonamides is 1. The highest BCUT2D eigenvalue weighted by molar-refractivity contribution is 7.88. The van der Waals surface area contributed by atoms with Gasteiger partial charge in [0.15, 0.2) is 11.5 Å². The van der Waals surface area contributed by atoms with Gasteiger partial charge < -0.3 is 25.0 Å². The number of amides is 1. The van der Waals surface area contributed by atoms with Crippen LogP contribution in [0.3, 0.4) is 0 Å². The second-order valence-corrected chi connectivity index (χ2v) is 15.4. The molecule has 50 heavy (non-hydrogen) atoms. The quantitative estimate of drug-likeness (QED) is 0.0756. The standard InChI is InChI=1S/C37H50ClN5O6S/c1-10-33(49-32-17-12-24(3)20-26(32)5)48-23-39-27-13-15-29(38)31(22-27)42-36(45)34(35(44)37(6,7)8)41-30-16-14-28(21-25(30)4)43(11-2)19-18-40-50(9,46)47/h12-17,20-22,33,39-40H,10-11,18-19,23H2,1-9H3,(H,42,45). The molecule has 0 radical (unpaired) electrons. The number of aliphatic imine (C=N–C) groups is 1. The summed E-state index contributed by atoms with van der Waals surface area (Å²) in [6, 6.07) is 16.5. The van der Waals surface area contributed by atoms with Gasteiger partial charge in [-0.15, -0.1) is 0 Å². The number of Topliss-reactive ketones (excluding diaryl/α,β-unsaturated/α-hetero) is 1. The molecule has 0 spiro atoms. The summed E-state index contributed by atoms with van der Waals surface area (Å²) in [6.07, 6.45) is 1.27. The molecule has 0 saturated heterocycles. The zero-order chi connectivity index (χ0) is 37.2. The Kier molecular flexibility index (Phi) is 14.4. The Morgan fingerprint density at radius 2 is 1.70 bits per heavy atom. The molecule has 0 aliphatic carbocycles. The van der Waals surface area contributed by atoms with Gasteiger partial charge in [0, 0.05) is 42.8 Å². The molecule has 11 nitrogen and oxygen atoms in total. The summed E-state index contributed by atoms with van der Waals surface area (Å²) in [7, 11) is -3.30. The number of nitrogens with one attached hydrogen (secondary N) is 3. The number of carbonyl (C=O) groups excluding carboxylic acids is 2. The number of aryl methyl sites for hydroxylation is 3. The first-order valence-corrected chi connectivity index (χ1v) is 18.8. The van der Waals surface area contributed by atoms with Crippen LogP contribution in [-0.4, -0.2) is 64.7 Å². The van der Waals surface area contributed by atoms with E-state index in [2.05, 4.69) is 26.4 Å². The highest BCUT2D eigenvalue weighted by atomic mass is 35.5. The molecule has 1 amide bonds. The average Bonchev–Trinajstić information content (AvgIpc) is 3.03. The number of carbonyl (C=O) groups is 2. The number of ether oxygens (including phenoxy) is 2. The van der Waals surface area contributed by atoms with E-state index in [0.29, 0.717) is 36.6 Å². The van der Waals surface area contributed by atoms with Crippen LogP contribution in [0.2, 0.25) is 5.02 Å². The number of halogens is 1. The zero-order valence-corrected chi connectivity index (χ0v) is 32.0. The molecule has 3 N–H and O–H groups in total. The maximum absolute atomic E-state index is 13.7. The lowest BCUT2D eigenvalue weighted by molar-refractivity contribution is -0.121. The van der Waals surface area contributed by atoms with Gasteiger partial charge in [-0.1, -0.05) is 57.0 Å². The number of hydrogen-bond donors (Lipinski definition) is 3. The van der Waals surface area contributed by atoms with Crippen LogP contribution in [0.25, 0.3) is 0 Å². The first-order chi connectivity index (χ1) is 23.4. The van der Waals surface area contributed by atoms with Gasteiger partial charge in [-0.2, -0.15) is 0 Å². The van der Waals surface area contributed by atoms with Gasteiger partial charge in [-0.3, -0.25) is 9.59 Å². The van der Waals surface area contributed by atoms with Crippen molar-refractivity contribution in [3.05, 3.63) is 76.3 Å². The molecule has 0 aromatic heterocycles. The number of ketones is 1. The van der Waals surface area contributed by atoms with E-state index in [9.17, 15) is 18.0 Å². The molecule has 0 heterocycles. The second kappa shape index (κ2) is 17.8. The third kappa shape index (κ3) is 12.1. The van der Waals surface area contributed by atoms with Crippen LogP contribution >= 0.6 is 11.6 Å². The van der Waals surface area contributed by atoms with Crippen LogP contribution in [0.15, 0.2) is 59.6 Å². The fourth-order valence-corrected chi connectivity index (χ4v) is 5.54. The molecule has 0 aliphatic rings. The van der Waals surface area contributed by atoms with Crippen LogP contribution in [0.5, 0.6) is 5.75 Å². The molecule has 0 saturated carbocycles. The van der Waals surface area contributed by atoms with E-state index in [1.807, 2.05) is 63.8 Å². The summed E-state index contributed by atoms with van der Waals surface area (Å²) in [5.41, 5.74) is 4.00. The number of anilines is 3. The maximum atomic E-state index is 13.7. The largest absolute Gasteiger partial charge is 0.465 e. The van der Waals surface area contributed by atoms with Gasteiger partial charge in [0.25, 0.3) is 5.91 Å². The fourth-order valence-electron chi connectivity index (χ4n) is 4.92. The Morgan fingerprint density at radius 1 is 0.980 bits per heavy atom. The Balaban J connectivity index is 1.78. The summed E-state index contributed by atoms with van der Waals surface area (Å²) in [5.74, 6) is -0.373. The SMILES string of the molecule is CCC(OCNc1ccc(Cl)c(NC(=O)C(=Nc2ccc(N(CC)CCNS(C)(=O)=O)cc2C)C(=O)C(C)(C)C)c1)Oc1ccc(C)cc1C. The van der Waals surface area contributed by atoms with Crippen molar-refractivity contribution in [2.45, 2.75) is 68.1 Å². The molecule has 3 rings (SSSR count). The van der Waals surface area contributed by atoms with Crippen molar-refractivity contribution >= 4 is 61.8 Å². The maximum Gasteiger partial charge on any atom is 0.278 e. The van der Waals surface area contributed by atoms with E-state index in [-0.39, 0.29) is 24.0 Å². The summed E-state index contributed by atoms with van der Waals surface area (Å²) in [6.45, 7) is 16.5. The predicted octanol–water partition coefficient (Wildman–Crippen LogP) is 7.17. The third-order valence-electron chi connectivity index (χ3n) is 7.70. The molecule has 272 valence electrons. The van der Waals surface area contributed by atoms with Crippen molar-refractivity contribution < 1.29 is 27.5 Å². The second-order valence-electron chi connectivity index (χ2n) is 13.1. The summed E-state index contributed by atoms with van der Waals surface area (Å²) in [4.78, 5) is 33.9. The minimum Gasteiger partial charge on any atom is -0.465 e. The third-order valence-corrected chi connectivity index (χ3v) is 8.76. The number of nitrogens with zero attached hydrogens (tertiary/aromatic N) is 2. The fraction of sp³-hybridized carbons (Fsp3) is 0.432. The van der Waals surface area contributed by atoms with E-state index in [0.717, 1.165) is 34.4 Å². The molecule has 13 heteroatoms. The summed E-state index contributed by atoms with van der Waals surface area (Å²) >= 11 is 6.48. The van der Waals surface area contributed by atoms with Gasteiger partial charge in [0.2, 0.25) is 16.3 Å². The number of likely N-dealkylation sites (N-methyl/N-ethyl adjacent to an activating group) is 1. The minimum atomic E-state index is -3.30. The molecule has 0 fully saturated rings. The highest BCUT2D eigenvalue weighted by Gasteiger charge is 2.31. The van der Waals surface area contributed by atoms with Crippen molar-refractivity contribution in [1.82, 2.24) is 4.72 Å². The van der Waals surface area contributed by atoms with Gasteiger partial charge in [0.1, 0.15) is 12.5 Å². The first-order valence-electron chi connectivity index (χ1n) is 16.6. The van der Waals surface area contributed by atoms with Crippen LogP contribution < -0.4 is 25.0 Å². The van der Waals surface area contributed by atoms with Crippen LogP contribution in [0, 0.1) is 26.2 Å². The van der Waals surface area contributed by atoms with E-state index in [4.69, 9.17) is 21.1 Å². The lowest BCUT2D eigenvalue weighted by Gasteiger charge is -2.24. The molecule has 0 bridgehead atoms. The van der Waals surface area contributed by atoms with E-state index in [1.54, 1.807) is 45.0 Å². The van der Waals surface area contributed by atoms with E-state index >= 15 is 0 Å². The number of hydrogen-bond acceptors (Lipinski definition) is 9. The van der Waals surface area contributed by atoms with E-state index < -0.39 is 33.4 Å². The smallest absolute Gasteiger partial charge is 0.278 e. The molecular weight excluding hydrogens is 678 g/mol. The van der Waals surface area contributed by atoms with Gasteiger partial charge >= 0.3 is 0 Å². The Hall–Kier alpha value is -3.97. The lowest BCUT2D eigenvalue weighted by Crippen LogP contribution is -2.37. The highest BCUT2D eigenvalue weighted by Crippen LogP contribution is 2.29. The topological polar surface area (TPSA) is 138 Å². The van der Waals surface area contributed by atoms with E-state index in [1.165, 1.54) is 0 Å². The lowest BCUT2D eigenvalue weighted by atomic mass is 9.87. The Morgan fingerprint density at radius 3 is 2.30 bits per heavy atom. The van der Waals surface area contributed by atoms with Crippen LogP contribution in [-0.2, 0) is 24.3 Å². The average molecular weight is 728 g/mol. The molecule has 1 atom stereocenters. The van der Waals surface area contributed by atoms with Gasteiger partial charge in [-0.25, -0.2) is 18.1 Å². The molecular formula is C37H50ClN5O6S. The summed E-state index contributed by atoms with van der Waals surface area (Å²) < 4.78 is 37.5. The van der Waals surface area contributed by atoms with Crippen molar-refractivity contribution in [1.29, 1.82) is 0 Å². The molecule has 1 unspecified atom stereocenters. The normalized spacial score (nSPS) is 12.7. The monoisotopic (exact) mass is 727 g/mol. The number of rotatable bonds is 17.